The fourth-order valence-electron chi connectivity index (χ4n) is 1.80. The minimum absolute atomic E-state index is 0.0781. The minimum Gasteiger partial charge on any atom is -0.383 e. The number of hydrogen-bond acceptors (Lipinski definition) is 4. The summed E-state index contributed by atoms with van der Waals surface area (Å²) in [6.45, 7) is 5.51. The number of nitrogens with zero attached hydrogens (tertiary/aromatic N) is 3. The first-order valence-corrected chi connectivity index (χ1v) is 6.31. The van der Waals surface area contributed by atoms with Crippen molar-refractivity contribution in [3.63, 3.8) is 0 Å². The van der Waals surface area contributed by atoms with Gasteiger partial charge in [0.1, 0.15) is 0 Å². The van der Waals surface area contributed by atoms with Crippen molar-refractivity contribution < 1.29 is 4.74 Å². The third kappa shape index (κ3) is 3.87. The lowest BCUT2D eigenvalue weighted by molar-refractivity contribution is 0.127. The molecule has 0 saturated carbocycles. The van der Waals surface area contributed by atoms with Crippen molar-refractivity contribution in [3.05, 3.63) is 42.2 Å². The Morgan fingerprint density at radius 2 is 2.00 bits per heavy atom. The molecule has 5 nitrogen and oxygen atoms in total. The van der Waals surface area contributed by atoms with Gasteiger partial charge in [-0.05, 0) is 26.0 Å². The van der Waals surface area contributed by atoms with Crippen LogP contribution in [0.4, 0.5) is 0 Å². The number of ether oxygens (including phenoxy) is 1. The van der Waals surface area contributed by atoms with Crippen LogP contribution in [-0.2, 0) is 11.3 Å². The highest BCUT2D eigenvalue weighted by atomic mass is 16.5. The van der Waals surface area contributed by atoms with Gasteiger partial charge >= 0.3 is 0 Å². The van der Waals surface area contributed by atoms with Crippen LogP contribution in [0.2, 0.25) is 0 Å². The Labute approximate surface area is 113 Å². The zero-order valence-electron chi connectivity index (χ0n) is 11.6. The molecule has 0 aliphatic heterocycles. The molecule has 0 aliphatic rings. The third-order valence-electron chi connectivity index (χ3n) is 2.78. The van der Waals surface area contributed by atoms with Crippen molar-refractivity contribution in [2.24, 2.45) is 0 Å². The second-order valence-electron chi connectivity index (χ2n) is 5.13. The van der Waals surface area contributed by atoms with E-state index in [2.05, 4.69) is 29.4 Å². The van der Waals surface area contributed by atoms with Gasteiger partial charge in [-0.1, -0.05) is 18.2 Å². The number of methoxy groups -OCH3 is 1. The maximum atomic E-state index is 5.17. The summed E-state index contributed by atoms with van der Waals surface area (Å²) in [6, 6.07) is 9.87. The van der Waals surface area contributed by atoms with E-state index in [1.54, 1.807) is 18.1 Å². The molecule has 0 atom stereocenters. The average Bonchev–Trinajstić information content (AvgIpc) is 2.86. The lowest BCUT2D eigenvalue weighted by Gasteiger charge is -2.24. The first kappa shape index (κ1) is 13.7. The number of rotatable bonds is 6. The molecule has 19 heavy (non-hydrogen) atoms. The predicted molar refractivity (Wildman–Crippen MR) is 74.2 cm³/mol. The summed E-state index contributed by atoms with van der Waals surface area (Å²) in [5.74, 6) is 0. The summed E-state index contributed by atoms with van der Waals surface area (Å²) in [4.78, 5) is 1.64. The SMILES string of the molecule is COCC(C)(C)NCc1cnn(-c2ccccc2)n1. The van der Waals surface area contributed by atoms with Crippen LogP contribution in [0.15, 0.2) is 36.5 Å². The van der Waals surface area contributed by atoms with E-state index >= 15 is 0 Å². The molecule has 2 rings (SSSR count). The van der Waals surface area contributed by atoms with Gasteiger partial charge in [0.05, 0.1) is 24.2 Å². The second-order valence-corrected chi connectivity index (χ2v) is 5.13. The van der Waals surface area contributed by atoms with Gasteiger partial charge in [-0.15, -0.1) is 0 Å². The minimum atomic E-state index is -0.0781. The zero-order valence-corrected chi connectivity index (χ0v) is 11.6. The summed E-state index contributed by atoms with van der Waals surface area (Å²) < 4.78 is 5.17. The van der Waals surface area contributed by atoms with Crippen LogP contribution in [0.1, 0.15) is 19.5 Å². The molecule has 1 heterocycles. The van der Waals surface area contributed by atoms with Crippen molar-refractivity contribution >= 4 is 0 Å². The quantitative estimate of drug-likeness (QED) is 0.860. The number of nitrogens with one attached hydrogen (secondary N) is 1. The van der Waals surface area contributed by atoms with Crippen LogP contribution >= 0.6 is 0 Å². The molecule has 0 fully saturated rings. The van der Waals surface area contributed by atoms with Crippen molar-refractivity contribution in [2.45, 2.75) is 25.9 Å². The van der Waals surface area contributed by atoms with E-state index in [1.165, 1.54) is 0 Å². The van der Waals surface area contributed by atoms with Gasteiger partial charge in [0.15, 0.2) is 0 Å². The zero-order chi connectivity index (χ0) is 13.7. The van der Waals surface area contributed by atoms with Crippen LogP contribution in [0.25, 0.3) is 5.69 Å². The molecule has 1 aromatic heterocycles. The molecule has 1 aromatic carbocycles. The monoisotopic (exact) mass is 260 g/mol. The Morgan fingerprint density at radius 1 is 1.26 bits per heavy atom. The van der Waals surface area contributed by atoms with E-state index in [0.29, 0.717) is 13.2 Å². The van der Waals surface area contributed by atoms with Gasteiger partial charge in [0.2, 0.25) is 0 Å². The fraction of sp³-hybridized carbons (Fsp3) is 0.429. The first-order chi connectivity index (χ1) is 9.11. The number of benzene rings is 1. The molecule has 0 spiro atoms. The summed E-state index contributed by atoms with van der Waals surface area (Å²) in [5, 5.41) is 12.1. The summed E-state index contributed by atoms with van der Waals surface area (Å²) >= 11 is 0. The van der Waals surface area contributed by atoms with E-state index in [9.17, 15) is 0 Å². The number of aromatic nitrogens is 3. The molecule has 0 amide bonds. The maximum absolute atomic E-state index is 5.17. The molecule has 0 saturated heterocycles. The Balaban J connectivity index is 1.99. The van der Waals surface area contributed by atoms with Gasteiger partial charge in [0.25, 0.3) is 0 Å². The van der Waals surface area contributed by atoms with Crippen molar-refractivity contribution in [1.29, 1.82) is 0 Å². The topological polar surface area (TPSA) is 52.0 Å². The predicted octanol–water partition coefficient (Wildman–Crippen LogP) is 1.78. The average molecular weight is 260 g/mol. The molecule has 5 heteroatoms. The smallest absolute Gasteiger partial charge is 0.0969 e. The first-order valence-electron chi connectivity index (χ1n) is 6.31. The summed E-state index contributed by atoms with van der Waals surface area (Å²) in [5.41, 5.74) is 1.79. The van der Waals surface area contributed by atoms with Gasteiger partial charge in [-0.25, -0.2) is 0 Å². The third-order valence-corrected chi connectivity index (χ3v) is 2.78. The van der Waals surface area contributed by atoms with Crippen molar-refractivity contribution in [2.75, 3.05) is 13.7 Å². The second kappa shape index (κ2) is 5.95. The normalized spacial score (nSPS) is 11.7. The van der Waals surface area contributed by atoms with Crippen LogP contribution in [0, 0.1) is 0 Å². The number of para-hydroxylation sites is 1. The molecule has 0 aliphatic carbocycles. The highest BCUT2D eigenvalue weighted by Crippen LogP contribution is 2.06. The van der Waals surface area contributed by atoms with E-state index in [-0.39, 0.29) is 5.54 Å². The Bertz CT molecular complexity index is 507. The van der Waals surface area contributed by atoms with E-state index in [1.807, 2.05) is 30.3 Å². The van der Waals surface area contributed by atoms with Crippen molar-refractivity contribution in [3.8, 4) is 5.69 Å². The Kier molecular flexibility index (Phi) is 4.29. The largest absolute Gasteiger partial charge is 0.383 e. The van der Waals surface area contributed by atoms with Crippen LogP contribution in [0.3, 0.4) is 0 Å². The van der Waals surface area contributed by atoms with Gasteiger partial charge in [-0.3, -0.25) is 0 Å². The maximum Gasteiger partial charge on any atom is 0.0969 e. The molecule has 0 unspecified atom stereocenters. The van der Waals surface area contributed by atoms with Crippen LogP contribution in [0.5, 0.6) is 0 Å². The lowest BCUT2D eigenvalue weighted by Crippen LogP contribution is -2.42. The highest BCUT2D eigenvalue weighted by molar-refractivity contribution is 5.28. The van der Waals surface area contributed by atoms with Gasteiger partial charge < -0.3 is 10.1 Å². The fourth-order valence-corrected chi connectivity index (χ4v) is 1.80. The van der Waals surface area contributed by atoms with E-state index in [4.69, 9.17) is 4.74 Å². The Morgan fingerprint density at radius 3 is 2.68 bits per heavy atom. The summed E-state index contributed by atoms with van der Waals surface area (Å²) in [7, 11) is 1.70. The molecule has 2 aromatic rings. The molecule has 1 N–H and O–H groups in total. The summed E-state index contributed by atoms with van der Waals surface area (Å²) in [6.07, 6.45) is 1.78. The molecular formula is C14H20N4O. The van der Waals surface area contributed by atoms with E-state index in [0.717, 1.165) is 11.4 Å². The van der Waals surface area contributed by atoms with Crippen LogP contribution < -0.4 is 5.32 Å². The molecular weight excluding hydrogens is 240 g/mol. The van der Waals surface area contributed by atoms with Gasteiger partial charge in [0, 0.05) is 19.2 Å². The molecule has 0 radical (unpaired) electrons. The van der Waals surface area contributed by atoms with Gasteiger partial charge in [-0.2, -0.15) is 15.0 Å². The van der Waals surface area contributed by atoms with E-state index < -0.39 is 0 Å². The lowest BCUT2D eigenvalue weighted by atomic mass is 10.1. The molecule has 0 bridgehead atoms. The Hall–Kier alpha value is -1.72. The molecule has 102 valence electrons. The highest BCUT2D eigenvalue weighted by Gasteiger charge is 2.17. The van der Waals surface area contributed by atoms with Crippen LogP contribution in [-0.4, -0.2) is 34.2 Å². The standard InChI is InChI=1S/C14H20N4O/c1-14(2,11-19-3)15-9-12-10-16-18(17-12)13-7-5-4-6-8-13/h4-8,10,15H,9,11H2,1-3H3. The van der Waals surface area contributed by atoms with Crippen molar-refractivity contribution in [1.82, 2.24) is 20.3 Å². The number of hydrogen-bond donors (Lipinski definition) is 1.